The standard InChI is InChI=1S/C33H37O8P.H3N.2Na.13H2/c1-3-5-7-9-11-13-15-16-18-19-21-23-25-27-32(34)39-29-31(30-40-42(36,37)38)41-33(35)28-26-24-22-20-17-14-12-10-8-6-4-2;;;;;;;;;;;;;;;;/h31H,4,6,8,10,12,14,17,20,22,24,26,28-30H2,1-2H3,(H2,36,37,38);1H3;;;13*1H/q;;2*+1;;;;;;;;;;;;;/p-2/t31-;;;;;;;;;;;;;;;;/m1................/s1. The molecule has 0 aromatic carbocycles. The zero-order valence-electron chi connectivity index (χ0n) is 26.9. The molecule has 0 heterocycles. The molecule has 0 unspecified atom stereocenters. The van der Waals surface area contributed by atoms with Crippen molar-refractivity contribution in [2.75, 3.05) is 13.2 Å². The fourth-order valence-corrected chi connectivity index (χ4v) is 3.48. The molecule has 3 N–H and O–H groups in total. The fraction of sp³-hybridized carbons (Fsp3) is 0.515. The molecule has 0 saturated carbocycles. The van der Waals surface area contributed by atoms with Crippen molar-refractivity contribution in [2.24, 2.45) is 0 Å². The third kappa shape index (κ3) is 39.9. The van der Waals surface area contributed by atoms with E-state index in [0.29, 0.717) is 6.42 Å². The maximum Gasteiger partial charge on any atom is 1.00 e. The van der Waals surface area contributed by atoms with Crippen LogP contribution < -0.4 is 75.1 Å². The summed E-state index contributed by atoms with van der Waals surface area (Å²) in [5.41, 5.74) is 0. The number of rotatable bonds is 18. The molecule has 0 spiro atoms. The zero-order valence-corrected chi connectivity index (χ0v) is 31.8. The van der Waals surface area contributed by atoms with Gasteiger partial charge in [-0.15, -0.1) is 0 Å². The second-order valence-corrected chi connectivity index (χ2v) is 9.77. The summed E-state index contributed by atoms with van der Waals surface area (Å²) in [5.74, 6) is 32.0. The van der Waals surface area contributed by atoms with Crippen molar-refractivity contribution < 1.29 is 116 Å². The maximum absolute atomic E-state index is 12.2. The molecule has 9 nitrogen and oxygen atoms in total. The van der Waals surface area contributed by atoms with Crippen LogP contribution >= 0.6 is 7.82 Å². The van der Waals surface area contributed by atoms with E-state index < -0.39 is 39.1 Å². The Kier molecular flexibility index (Phi) is 40.3. The number of ether oxygens (including phenoxy) is 2. The number of phosphoric acid groups is 1. The molecule has 0 aliphatic rings. The molecule has 1 atom stereocenters. The Labute approximate surface area is 332 Å². The molecular weight excluding hydrogens is 615 g/mol. The van der Waals surface area contributed by atoms with E-state index in [9.17, 15) is 23.9 Å². The smallest absolute Gasteiger partial charge is 0.790 e. The van der Waals surface area contributed by atoms with Gasteiger partial charge in [0.1, 0.15) is 6.61 Å². The Morgan fingerprint density at radius 2 is 1.11 bits per heavy atom. The first-order chi connectivity index (χ1) is 20.3. The minimum absolute atomic E-state index is 0. The van der Waals surface area contributed by atoms with Gasteiger partial charge in [0, 0.05) is 30.9 Å². The Hall–Kier alpha value is -2.07. The van der Waals surface area contributed by atoms with Gasteiger partial charge in [0.2, 0.25) is 0 Å². The first-order valence-corrected chi connectivity index (χ1v) is 15.2. The van der Waals surface area contributed by atoms with Gasteiger partial charge in [-0.25, -0.2) is 4.79 Å². The third-order valence-corrected chi connectivity index (χ3v) is 5.54. The van der Waals surface area contributed by atoms with E-state index in [-0.39, 0.29) is 90.2 Å². The Morgan fingerprint density at radius 1 is 0.689 bits per heavy atom. The zero-order chi connectivity index (χ0) is 31.2. The molecule has 0 bridgehead atoms. The average Bonchev–Trinajstić information content (AvgIpc) is 2.95. The van der Waals surface area contributed by atoms with Crippen molar-refractivity contribution in [3.05, 3.63) is 0 Å². The van der Waals surface area contributed by atoms with Crippen molar-refractivity contribution in [1.82, 2.24) is 6.15 Å². The monoisotopic (exact) mass is 679 g/mol. The molecule has 12 heteroatoms. The largest absolute Gasteiger partial charge is 1.00 e. The van der Waals surface area contributed by atoms with Gasteiger partial charge in [-0.1, -0.05) is 77.1 Å². The van der Waals surface area contributed by atoms with Gasteiger partial charge in [0.15, 0.2) is 6.10 Å². The van der Waals surface area contributed by atoms with E-state index in [1.165, 1.54) is 44.9 Å². The van der Waals surface area contributed by atoms with Crippen LogP contribution in [0.1, 0.15) is 109 Å². The van der Waals surface area contributed by atoms with Crippen LogP contribution in [0, 0.1) is 82.9 Å². The summed E-state index contributed by atoms with van der Waals surface area (Å²) in [4.78, 5) is 45.6. The summed E-state index contributed by atoms with van der Waals surface area (Å²) < 4.78 is 25.0. The molecule has 0 aliphatic heterocycles. The first kappa shape index (κ1) is 49.8. The van der Waals surface area contributed by atoms with E-state index >= 15 is 0 Å². The van der Waals surface area contributed by atoms with Crippen LogP contribution in [0.4, 0.5) is 0 Å². The summed E-state index contributed by atoms with van der Waals surface area (Å²) in [5, 5.41) is 0. The molecule has 0 aliphatic carbocycles. The SMILES string of the molecule is CC#CC#CC#CC#CC#CC#CC#CC(=O)OC[C@H](COP(=O)([O-])[O-])OC(=O)CCCCCCCCCCCCC.N.[HH].[HH].[HH].[HH].[HH].[HH].[HH].[HH].[HH].[HH].[HH].[HH].[HH].[Na+].[Na+]. The molecule has 0 aromatic rings. The molecule has 256 valence electrons. The Bertz CT molecular complexity index is 1390. The van der Waals surface area contributed by atoms with Crippen molar-refractivity contribution in [2.45, 2.75) is 97.0 Å². The predicted molar refractivity (Wildman–Crippen MR) is 188 cm³/mol. The molecular formula is C33H64NNa2O8P. The van der Waals surface area contributed by atoms with Crippen LogP contribution in [0.2, 0.25) is 0 Å². The third-order valence-electron chi connectivity index (χ3n) is 5.08. The predicted octanol–water partition coefficient (Wildman–Crippen LogP) is 0.400. The molecule has 0 rings (SSSR count). The van der Waals surface area contributed by atoms with E-state index in [4.69, 9.17) is 9.47 Å². The van der Waals surface area contributed by atoms with Crippen molar-refractivity contribution in [1.29, 1.82) is 0 Å². The Morgan fingerprint density at radius 3 is 1.56 bits per heavy atom. The number of hydrogen-bond donors (Lipinski definition) is 1. The van der Waals surface area contributed by atoms with Crippen LogP contribution in [0.5, 0.6) is 0 Å². The fourth-order valence-electron chi connectivity index (χ4n) is 3.13. The maximum atomic E-state index is 12.2. The van der Waals surface area contributed by atoms with E-state index in [1.807, 2.05) is 0 Å². The second kappa shape index (κ2) is 36.4. The van der Waals surface area contributed by atoms with Crippen LogP contribution in [0.3, 0.4) is 0 Å². The normalized spacial score (nSPS) is 9.07. The number of carbonyl (C=O) groups excluding carboxylic acids is 2. The second-order valence-electron chi connectivity index (χ2n) is 8.61. The summed E-state index contributed by atoms with van der Waals surface area (Å²) in [6.07, 6.45) is 11.1. The van der Waals surface area contributed by atoms with Gasteiger partial charge in [0.25, 0.3) is 0 Å². The first-order valence-electron chi connectivity index (χ1n) is 13.7. The summed E-state index contributed by atoms with van der Waals surface area (Å²) in [6, 6.07) is 0. The van der Waals surface area contributed by atoms with Crippen LogP contribution in [0.25, 0.3) is 0 Å². The minimum Gasteiger partial charge on any atom is -0.790 e. The Balaban J connectivity index is -0.0000000700. The quantitative estimate of drug-likeness (QED) is 0.0540. The molecule has 0 fully saturated rings. The van der Waals surface area contributed by atoms with Gasteiger partial charge in [-0.05, 0) is 84.4 Å². The van der Waals surface area contributed by atoms with Crippen LogP contribution in [-0.4, -0.2) is 31.3 Å². The van der Waals surface area contributed by atoms with Gasteiger partial charge in [-0.3, -0.25) is 4.79 Å². The van der Waals surface area contributed by atoms with Crippen molar-refractivity contribution in [3.63, 3.8) is 0 Å². The molecule has 0 saturated heterocycles. The minimum atomic E-state index is -5.32. The molecule has 0 aromatic heterocycles. The van der Waals surface area contributed by atoms with Crippen molar-refractivity contribution >= 4 is 19.8 Å². The van der Waals surface area contributed by atoms with E-state index in [2.05, 4.69) is 94.3 Å². The number of esters is 2. The van der Waals surface area contributed by atoms with Gasteiger partial charge < -0.3 is 34.5 Å². The number of carbonyl (C=O) groups is 2. The van der Waals surface area contributed by atoms with Crippen LogP contribution in [-0.2, 0) is 28.2 Å². The number of unbranched alkanes of at least 4 members (excludes halogenated alkanes) is 10. The summed E-state index contributed by atoms with van der Waals surface area (Å²) in [6.45, 7) is 2.52. The van der Waals surface area contributed by atoms with Gasteiger partial charge >= 0.3 is 71.1 Å². The van der Waals surface area contributed by atoms with Crippen molar-refractivity contribution in [3.8, 4) is 82.9 Å². The van der Waals surface area contributed by atoms with Gasteiger partial charge in [0.05, 0.1) is 14.4 Å². The molecule has 0 amide bonds. The number of phosphoric ester groups is 1. The molecule has 45 heavy (non-hydrogen) atoms. The topological polar surface area (TPSA) is 160 Å². The number of hydrogen-bond acceptors (Lipinski definition) is 9. The average molecular weight is 680 g/mol. The van der Waals surface area contributed by atoms with Gasteiger partial charge in [-0.2, -0.15) is 0 Å². The van der Waals surface area contributed by atoms with E-state index in [1.54, 1.807) is 6.92 Å². The van der Waals surface area contributed by atoms with E-state index in [0.717, 1.165) is 19.3 Å². The summed E-state index contributed by atoms with van der Waals surface area (Å²) >= 11 is 0. The van der Waals surface area contributed by atoms with Crippen LogP contribution in [0.15, 0.2) is 0 Å². The molecule has 0 radical (unpaired) electrons. The summed E-state index contributed by atoms with van der Waals surface area (Å²) in [7, 11) is -5.32.